The first-order valence-electron chi connectivity index (χ1n) is 16.4. The first kappa shape index (κ1) is 37.3. The minimum Gasteiger partial charge on any atom is -0.396 e. The van der Waals surface area contributed by atoms with Gasteiger partial charge < -0.3 is 30.7 Å². The minimum absolute atomic E-state index is 0.0314. The van der Waals surface area contributed by atoms with Gasteiger partial charge in [0.1, 0.15) is 6.29 Å². The molecule has 2 saturated carbocycles. The van der Waals surface area contributed by atoms with E-state index in [1.54, 1.807) is 0 Å². The summed E-state index contributed by atoms with van der Waals surface area (Å²) < 4.78 is 5.89. The number of carbonyl (C=O) groups is 1. The Morgan fingerprint density at radius 2 is 2.00 bits per heavy atom. The normalized spacial score (nSPS) is 29.5. The van der Waals surface area contributed by atoms with Crippen molar-refractivity contribution in [1.82, 2.24) is 10.6 Å². The van der Waals surface area contributed by atoms with E-state index in [9.17, 15) is 20.1 Å². The van der Waals surface area contributed by atoms with E-state index in [-0.39, 0.29) is 18.4 Å². The van der Waals surface area contributed by atoms with Crippen LogP contribution in [0.2, 0.25) is 0 Å². The van der Waals surface area contributed by atoms with E-state index >= 15 is 0 Å². The molecule has 0 bridgehead atoms. The van der Waals surface area contributed by atoms with Crippen LogP contribution in [-0.2, 0) is 9.53 Å². The standard InChI is InChI=1S/C36H60N2O5/c1-7-38-24-28(4)14-9-12-27(3)13-10-15-30(26-43-8-2)32-18-20-36(34(32)41)33(16-11-23-39)31(29(5)25-40)17-19-35(36,42)21-22-37-6/h10,13-15,25,32-34,37-39,41-42H,3,7-9,11-12,16-24,26H2,1-2,4-6H3/b13-10+,28-14+,30-15-,31-29-/t32-,33-,34+,35-,36+/m0/s1. The van der Waals surface area contributed by atoms with Crippen molar-refractivity contribution >= 4 is 6.29 Å². The van der Waals surface area contributed by atoms with Crippen LogP contribution in [0.5, 0.6) is 0 Å². The minimum atomic E-state index is -1.10. The summed E-state index contributed by atoms with van der Waals surface area (Å²) in [6.45, 7) is 15.8. The fraction of sp³-hybridized carbons (Fsp3) is 0.694. The Kier molecular flexibility index (Phi) is 16.3. The molecule has 0 aromatic heterocycles. The number of allylic oxidation sites excluding steroid dienone is 7. The lowest BCUT2D eigenvalue weighted by Gasteiger charge is -2.57. The number of ether oxygens (including phenoxy) is 1. The molecule has 0 radical (unpaired) electrons. The van der Waals surface area contributed by atoms with Gasteiger partial charge in [-0.15, -0.1) is 0 Å². The smallest absolute Gasteiger partial charge is 0.145 e. The van der Waals surface area contributed by atoms with Crippen LogP contribution in [0.4, 0.5) is 0 Å². The lowest BCUT2D eigenvalue weighted by molar-refractivity contribution is -0.180. The molecule has 1 spiro atoms. The summed E-state index contributed by atoms with van der Waals surface area (Å²) >= 11 is 0. The summed E-state index contributed by atoms with van der Waals surface area (Å²) in [5, 5.41) is 41.1. The number of aldehydes is 1. The Labute approximate surface area is 261 Å². The highest BCUT2D eigenvalue weighted by Gasteiger charge is 2.65. The highest BCUT2D eigenvalue weighted by molar-refractivity contribution is 5.74. The molecule has 7 heteroatoms. The number of aliphatic hydroxyl groups excluding tert-OH is 2. The summed E-state index contributed by atoms with van der Waals surface area (Å²) in [6.07, 6.45) is 14.5. The second-order valence-electron chi connectivity index (χ2n) is 12.5. The van der Waals surface area contributed by atoms with Gasteiger partial charge in [-0.05, 0) is 116 Å². The van der Waals surface area contributed by atoms with Gasteiger partial charge in [-0.25, -0.2) is 0 Å². The van der Waals surface area contributed by atoms with Gasteiger partial charge in [0.25, 0.3) is 0 Å². The SMILES string of the molecule is C=C(/C=C/C=C(/COCC)[C@@H]1CC[C@]2([C@@H]1O)[C@@H](CCCO)/C(=C(/C)C=O)CC[C@]2(O)CCNC)CC/C=C(\C)CNCC. The topological polar surface area (TPSA) is 111 Å². The molecule has 5 N–H and O–H groups in total. The van der Waals surface area contributed by atoms with Crippen LogP contribution < -0.4 is 10.6 Å². The van der Waals surface area contributed by atoms with Crippen LogP contribution >= 0.6 is 0 Å². The van der Waals surface area contributed by atoms with Crippen LogP contribution in [0.15, 0.2) is 58.7 Å². The average molecular weight is 601 g/mol. The van der Waals surface area contributed by atoms with Crippen molar-refractivity contribution in [1.29, 1.82) is 0 Å². The predicted octanol–water partition coefficient (Wildman–Crippen LogP) is 5.19. The van der Waals surface area contributed by atoms with Gasteiger partial charge in [0.05, 0.1) is 18.3 Å². The fourth-order valence-electron chi connectivity index (χ4n) is 7.47. The largest absolute Gasteiger partial charge is 0.396 e. The maximum atomic E-state index is 12.4. The molecule has 2 aliphatic carbocycles. The van der Waals surface area contributed by atoms with Crippen molar-refractivity contribution in [2.45, 2.75) is 97.2 Å². The Morgan fingerprint density at radius 1 is 1.23 bits per heavy atom. The summed E-state index contributed by atoms with van der Waals surface area (Å²) in [4.78, 5) is 12.0. The number of rotatable bonds is 19. The second-order valence-corrected chi connectivity index (χ2v) is 12.5. The zero-order chi connectivity index (χ0) is 31.9. The molecule has 2 rings (SSSR count). The third-order valence-corrected chi connectivity index (χ3v) is 9.82. The van der Waals surface area contributed by atoms with E-state index in [1.807, 2.05) is 33.0 Å². The van der Waals surface area contributed by atoms with E-state index in [2.05, 4.69) is 43.2 Å². The molecule has 0 amide bonds. The number of hydrogen-bond donors (Lipinski definition) is 5. The van der Waals surface area contributed by atoms with Crippen molar-refractivity contribution in [2.75, 3.05) is 46.5 Å². The number of carbonyl (C=O) groups excluding carboxylic acids is 1. The molecule has 244 valence electrons. The number of likely N-dealkylation sites (N-methyl/N-ethyl adjacent to an activating group) is 1. The fourth-order valence-corrected chi connectivity index (χ4v) is 7.47. The highest BCUT2D eigenvalue weighted by atomic mass is 16.5. The average Bonchev–Trinajstić information content (AvgIpc) is 3.34. The van der Waals surface area contributed by atoms with Gasteiger partial charge in [0.15, 0.2) is 0 Å². The van der Waals surface area contributed by atoms with Crippen LogP contribution in [0.25, 0.3) is 0 Å². The van der Waals surface area contributed by atoms with Crippen molar-refractivity contribution in [3.05, 3.63) is 58.7 Å². The lowest BCUT2D eigenvalue weighted by atomic mass is 9.51. The van der Waals surface area contributed by atoms with Crippen LogP contribution in [-0.4, -0.2) is 79.8 Å². The van der Waals surface area contributed by atoms with Crippen LogP contribution in [0.1, 0.15) is 85.5 Å². The zero-order valence-electron chi connectivity index (χ0n) is 27.6. The molecular formula is C36H60N2O5. The maximum Gasteiger partial charge on any atom is 0.145 e. The highest BCUT2D eigenvalue weighted by Crippen LogP contribution is 2.63. The molecule has 5 atom stereocenters. The van der Waals surface area contributed by atoms with E-state index in [0.29, 0.717) is 63.9 Å². The third-order valence-electron chi connectivity index (χ3n) is 9.82. The summed E-state index contributed by atoms with van der Waals surface area (Å²) in [7, 11) is 1.88. The van der Waals surface area contributed by atoms with Gasteiger partial charge in [-0.2, -0.15) is 0 Å². The Balaban J connectivity index is 2.41. The third kappa shape index (κ3) is 9.56. The molecular weight excluding hydrogens is 540 g/mol. The van der Waals surface area contributed by atoms with Crippen molar-refractivity contribution in [2.24, 2.45) is 17.3 Å². The summed E-state index contributed by atoms with van der Waals surface area (Å²) in [5.41, 5.74) is 3.17. The van der Waals surface area contributed by atoms with Gasteiger partial charge in [-0.1, -0.05) is 54.5 Å². The number of aliphatic hydroxyl groups is 3. The van der Waals surface area contributed by atoms with Gasteiger partial charge in [0.2, 0.25) is 0 Å². The quantitative estimate of drug-likeness (QED) is 0.0600. The summed E-state index contributed by atoms with van der Waals surface area (Å²) in [6, 6.07) is 0. The molecule has 2 fully saturated rings. The van der Waals surface area contributed by atoms with Crippen LogP contribution in [0.3, 0.4) is 0 Å². The lowest BCUT2D eigenvalue weighted by Crippen LogP contribution is -2.61. The predicted molar refractivity (Wildman–Crippen MR) is 177 cm³/mol. The molecule has 0 aromatic carbocycles. The van der Waals surface area contributed by atoms with Gasteiger partial charge in [-0.3, -0.25) is 4.79 Å². The zero-order valence-corrected chi connectivity index (χ0v) is 27.6. The molecule has 0 unspecified atom stereocenters. The van der Waals surface area contributed by atoms with E-state index in [0.717, 1.165) is 55.4 Å². The Bertz CT molecular complexity index is 1020. The Morgan fingerprint density at radius 3 is 2.65 bits per heavy atom. The first-order valence-corrected chi connectivity index (χ1v) is 16.4. The van der Waals surface area contributed by atoms with Crippen molar-refractivity contribution in [3.63, 3.8) is 0 Å². The molecule has 2 aliphatic rings. The Hall–Kier alpha value is -1.87. The van der Waals surface area contributed by atoms with Crippen LogP contribution in [0, 0.1) is 17.3 Å². The molecule has 43 heavy (non-hydrogen) atoms. The first-order chi connectivity index (χ1) is 20.6. The number of hydrogen-bond acceptors (Lipinski definition) is 7. The maximum absolute atomic E-state index is 12.4. The van der Waals surface area contributed by atoms with Gasteiger partial charge >= 0.3 is 0 Å². The van der Waals surface area contributed by atoms with Gasteiger partial charge in [0, 0.05) is 31.1 Å². The monoisotopic (exact) mass is 600 g/mol. The molecule has 0 aliphatic heterocycles. The summed E-state index contributed by atoms with van der Waals surface area (Å²) in [5.74, 6) is -0.372. The van der Waals surface area contributed by atoms with Crippen molar-refractivity contribution in [3.8, 4) is 0 Å². The molecule has 7 nitrogen and oxygen atoms in total. The number of nitrogens with one attached hydrogen (secondary N) is 2. The van der Waals surface area contributed by atoms with E-state index in [4.69, 9.17) is 4.74 Å². The molecule has 0 aromatic rings. The molecule has 0 heterocycles. The second kappa shape index (κ2) is 18.8. The van der Waals surface area contributed by atoms with Crippen molar-refractivity contribution < 1.29 is 24.9 Å². The van der Waals surface area contributed by atoms with E-state index < -0.39 is 17.1 Å². The van der Waals surface area contributed by atoms with E-state index in [1.165, 1.54) is 5.57 Å². The molecule has 0 saturated heterocycles.